The van der Waals surface area contributed by atoms with Gasteiger partial charge in [0.1, 0.15) is 5.82 Å². The number of hydrogen-bond donors (Lipinski definition) is 0. The molecule has 0 unspecified atom stereocenters. The summed E-state index contributed by atoms with van der Waals surface area (Å²) in [6.07, 6.45) is 0.384. The van der Waals surface area contributed by atoms with Crippen molar-refractivity contribution in [2.75, 3.05) is 13.6 Å². The van der Waals surface area contributed by atoms with Crippen LogP contribution in [0.15, 0.2) is 48.7 Å². The topological polar surface area (TPSA) is 46.1 Å². The highest BCUT2D eigenvalue weighted by Gasteiger charge is 2.25. The molecule has 1 amide bonds. The summed E-state index contributed by atoms with van der Waals surface area (Å²) >= 11 is 5.84. The van der Waals surface area contributed by atoms with Gasteiger partial charge in [-0.1, -0.05) is 23.7 Å². The second-order valence-corrected chi connectivity index (χ2v) is 7.18. The molecule has 0 spiro atoms. The third-order valence-electron chi connectivity index (χ3n) is 4.87. The lowest BCUT2D eigenvalue weighted by atomic mass is 9.92. The molecular weight excluding hydrogens is 384 g/mol. The van der Waals surface area contributed by atoms with E-state index >= 15 is 4.39 Å². The van der Waals surface area contributed by atoms with Gasteiger partial charge in [-0.05, 0) is 47.9 Å². The summed E-state index contributed by atoms with van der Waals surface area (Å²) in [5.74, 6) is -0.655. The van der Waals surface area contributed by atoms with Crippen molar-refractivity contribution in [1.29, 1.82) is 0 Å². The monoisotopic (exact) mass is 399 g/mol. The van der Waals surface area contributed by atoms with E-state index in [1.54, 1.807) is 30.1 Å². The van der Waals surface area contributed by atoms with Gasteiger partial charge in [-0.15, -0.1) is 0 Å². The van der Waals surface area contributed by atoms with Crippen LogP contribution in [0.1, 0.15) is 33.2 Å². The maximum atomic E-state index is 15.0. The van der Waals surface area contributed by atoms with E-state index in [0.717, 1.165) is 23.3 Å². The van der Waals surface area contributed by atoms with Crippen LogP contribution in [0.25, 0.3) is 11.3 Å². The molecule has 0 aliphatic carbocycles. The first-order valence-electron chi connectivity index (χ1n) is 8.74. The zero-order chi connectivity index (χ0) is 19.8. The van der Waals surface area contributed by atoms with Crippen molar-refractivity contribution >= 4 is 17.5 Å². The smallest absolute Gasteiger partial charge is 0.253 e. The zero-order valence-electron chi connectivity index (χ0n) is 15.0. The Morgan fingerprint density at radius 1 is 1.14 bits per heavy atom. The van der Waals surface area contributed by atoms with E-state index in [1.807, 2.05) is 6.07 Å². The Morgan fingerprint density at radius 3 is 2.71 bits per heavy atom. The normalized spacial score (nSPS) is 14.7. The molecule has 1 aliphatic rings. The summed E-state index contributed by atoms with van der Waals surface area (Å²) in [7, 11) is 1.76. The summed E-state index contributed by atoms with van der Waals surface area (Å²) in [6.45, 7) is 0.601. The number of benzene rings is 2. The van der Waals surface area contributed by atoms with Gasteiger partial charge in [-0.2, -0.15) is 10.2 Å². The number of fused-ring (bicyclic) bond motifs is 1. The number of halogens is 3. The van der Waals surface area contributed by atoms with Crippen molar-refractivity contribution in [1.82, 2.24) is 15.1 Å². The van der Waals surface area contributed by atoms with Crippen LogP contribution in [0.5, 0.6) is 0 Å². The maximum Gasteiger partial charge on any atom is 0.253 e. The van der Waals surface area contributed by atoms with E-state index in [9.17, 15) is 9.18 Å². The van der Waals surface area contributed by atoms with Crippen molar-refractivity contribution in [2.24, 2.45) is 0 Å². The average molecular weight is 400 g/mol. The molecule has 0 saturated heterocycles. The van der Waals surface area contributed by atoms with Crippen molar-refractivity contribution in [3.63, 3.8) is 0 Å². The lowest BCUT2D eigenvalue weighted by Crippen LogP contribution is -2.34. The Hall–Kier alpha value is -2.86. The molecule has 3 aromatic rings. The van der Waals surface area contributed by atoms with E-state index in [4.69, 9.17) is 11.6 Å². The van der Waals surface area contributed by atoms with Gasteiger partial charge in [-0.25, -0.2) is 8.78 Å². The Bertz CT molecular complexity index is 1050. The van der Waals surface area contributed by atoms with Crippen LogP contribution >= 0.6 is 11.6 Å². The Balaban J connectivity index is 1.75. The number of carbonyl (C=O) groups is 1. The van der Waals surface area contributed by atoms with Crippen molar-refractivity contribution < 1.29 is 13.6 Å². The first-order valence-corrected chi connectivity index (χ1v) is 9.12. The number of alkyl halides is 1. The third-order valence-corrected chi connectivity index (χ3v) is 5.09. The van der Waals surface area contributed by atoms with Crippen molar-refractivity contribution in [3.05, 3.63) is 81.8 Å². The fourth-order valence-corrected chi connectivity index (χ4v) is 3.68. The molecule has 28 heavy (non-hydrogen) atoms. The predicted molar refractivity (Wildman–Crippen MR) is 102 cm³/mol. The van der Waals surface area contributed by atoms with Crippen LogP contribution < -0.4 is 0 Å². The number of nitrogens with zero attached hydrogens (tertiary/aromatic N) is 3. The summed E-state index contributed by atoms with van der Waals surface area (Å²) < 4.78 is 28.6. The molecule has 7 heteroatoms. The molecule has 0 fully saturated rings. The van der Waals surface area contributed by atoms with E-state index < -0.39 is 12.0 Å². The Labute approximate surface area is 165 Å². The fraction of sp³-hybridized carbons (Fsp3) is 0.190. The number of hydrogen-bond acceptors (Lipinski definition) is 3. The average Bonchev–Trinajstić information content (AvgIpc) is 2.69. The molecule has 1 aliphatic heterocycles. The summed E-state index contributed by atoms with van der Waals surface area (Å²) in [6, 6.07) is 10.6. The minimum atomic E-state index is -1.60. The summed E-state index contributed by atoms with van der Waals surface area (Å²) in [4.78, 5) is 14.1. The highest BCUT2D eigenvalue weighted by atomic mass is 35.5. The predicted octanol–water partition coefficient (Wildman–Crippen LogP) is 4.62. The van der Waals surface area contributed by atoms with Crippen LogP contribution in [0.3, 0.4) is 0 Å². The molecule has 2 aromatic carbocycles. The first kappa shape index (κ1) is 18.5. The molecule has 1 aromatic heterocycles. The molecule has 142 valence electrons. The third kappa shape index (κ3) is 3.36. The SMILES string of the molecule is CN1CCc2c(cccc2-c2cc([C@H](F)c3cc(F)cc(Cl)c3)cnn2)C1=O. The number of amides is 1. The van der Waals surface area contributed by atoms with Crippen LogP contribution in [0.2, 0.25) is 5.02 Å². The van der Waals surface area contributed by atoms with E-state index in [-0.39, 0.29) is 22.1 Å². The van der Waals surface area contributed by atoms with E-state index in [0.29, 0.717) is 24.2 Å². The lowest BCUT2D eigenvalue weighted by Gasteiger charge is -2.26. The van der Waals surface area contributed by atoms with Crippen LogP contribution in [-0.2, 0) is 6.42 Å². The van der Waals surface area contributed by atoms with Crippen LogP contribution in [-0.4, -0.2) is 34.6 Å². The van der Waals surface area contributed by atoms with Gasteiger partial charge < -0.3 is 4.90 Å². The maximum absolute atomic E-state index is 15.0. The number of rotatable bonds is 3. The van der Waals surface area contributed by atoms with Gasteiger partial charge in [0, 0.05) is 35.3 Å². The van der Waals surface area contributed by atoms with Crippen molar-refractivity contribution in [3.8, 4) is 11.3 Å². The molecule has 1 atom stereocenters. The molecule has 4 rings (SSSR count). The van der Waals surface area contributed by atoms with Gasteiger partial charge in [0.05, 0.1) is 11.9 Å². The molecule has 0 radical (unpaired) electrons. The van der Waals surface area contributed by atoms with Crippen LogP contribution in [0.4, 0.5) is 8.78 Å². The largest absolute Gasteiger partial charge is 0.341 e. The quantitative estimate of drug-likeness (QED) is 0.645. The zero-order valence-corrected chi connectivity index (χ0v) is 15.8. The Morgan fingerprint density at radius 2 is 1.93 bits per heavy atom. The van der Waals surface area contributed by atoms with Gasteiger partial charge in [-0.3, -0.25) is 4.79 Å². The number of carbonyl (C=O) groups excluding carboxylic acids is 1. The molecule has 0 N–H and O–H groups in total. The highest BCUT2D eigenvalue weighted by molar-refractivity contribution is 6.30. The van der Waals surface area contributed by atoms with Crippen molar-refractivity contribution in [2.45, 2.75) is 12.6 Å². The lowest BCUT2D eigenvalue weighted by molar-refractivity contribution is 0.0781. The molecule has 0 saturated carbocycles. The van der Waals surface area contributed by atoms with Gasteiger partial charge >= 0.3 is 0 Å². The van der Waals surface area contributed by atoms with Crippen LogP contribution in [0, 0.1) is 5.82 Å². The van der Waals surface area contributed by atoms with E-state index in [2.05, 4.69) is 10.2 Å². The first-order chi connectivity index (χ1) is 13.4. The Kier molecular flexibility index (Phi) is 4.81. The van der Waals surface area contributed by atoms with Gasteiger partial charge in [0.15, 0.2) is 6.17 Å². The number of likely N-dealkylation sites (N-methyl/N-ethyl adjacent to an activating group) is 1. The standard InChI is InChI=1S/C21H16ClF2N3O/c1-27-6-5-16-17(3-2-4-18(16)21(27)28)19-9-13(11-25-26-19)20(24)12-7-14(22)10-15(23)8-12/h2-4,7-11,20H,5-6H2,1H3/t20-/m1/s1. The minimum absolute atomic E-state index is 0.0509. The highest BCUT2D eigenvalue weighted by Crippen LogP contribution is 2.33. The second-order valence-electron chi connectivity index (χ2n) is 6.75. The summed E-state index contributed by atoms with van der Waals surface area (Å²) in [5, 5.41) is 8.18. The second kappa shape index (κ2) is 7.28. The van der Waals surface area contributed by atoms with E-state index in [1.165, 1.54) is 12.3 Å². The molecule has 4 nitrogen and oxygen atoms in total. The van der Waals surface area contributed by atoms with Gasteiger partial charge in [0.25, 0.3) is 5.91 Å². The molecule has 0 bridgehead atoms. The molecular formula is C21H16ClF2N3O. The minimum Gasteiger partial charge on any atom is -0.341 e. The molecule has 2 heterocycles. The fourth-order valence-electron chi connectivity index (χ4n) is 3.45. The number of aromatic nitrogens is 2. The summed E-state index contributed by atoms with van der Waals surface area (Å²) in [5.41, 5.74) is 3.06. The van der Waals surface area contributed by atoms with Gasteiger partial charge in [0.2, 0.25) is 0 Å².